The summed E-state index contributed by atoms with van der Waals surface area (Å²) >= 11 is 5.23. The molecule has 2 aromatic carbocycles. The Hall–Kier alpha value is -2.08. The van der Waals surface area contributed by atoms with E-state index in [1.807, 2.05) is 19.1 Å². The van der Waals surface area contributed by atoms with Gasteiger partial charge in [0, 0.05) is 5.69 Å². The van der Waals surface area contributed by atoms with Crippen LogP contribution in [0, 0.1) is 0 Å². The van der Waals surface area contributed by atoms with E-state index in [2.05, 4.69) is 36.6 Å². The van der Waals surface area contributed by atoms with Crippen molar-refractivity contribution >= 4 is 23.0 Å². The summed E-state index contributed by atoms with van der Waals surface area (Å²) in [7, 11) is 0. The average Bonchev–Trinajstić information content (AvgIpc) is 2.60. The van der Waals surface area contributed by atoms with Crippen molar-refractivity contribution in [2.75, 3.05) is 5.32 Å². The molecule has 2 atom stereocenters. The lowest BCUT2D eigenvalue weighted by atomic mass is 9.96. The van der Waals surface area contributed by atoms with Crippen LogP contribution < -0.4 is 10.6 Å². The van der Waals surface area contributed by atoms with Crippen LogP contribution in [0.1, 0.15) is 55.8 Å². The van der Waals surface area contributed by atoms with Gasteiger partial charge in [-0.25, -0.2) is 0 Å². The largest absolute Gasteiger partial charge is 0.416 e. The van der Waals surface area contributed by atoms with Crippen LogP contribution in [0.3, 0.4) is 0 Å². The summed E-state index contributed by atoms with van der Waals surface area (Å²) in [6.07, 6.45) is -3.30. The van der Waals surface area contributed by atoms with Gasteiger partial charge in [0.15, 0.2) is 5.11 Å². The molecule has 0 spiro atoms. The van der Waals surface area contributed by atoms with E-state index in [4.69, 9.17) is 12.2 Å². The Morgan fingerprint density at radius 3 is 2.23 bits per heavy atom. The highest BCUT2D eigenvalue weighted by molar-refractivity contribution is 7.80. The summed E-state index contributed by atoms with van der Waals surface area (Å²) in [5.41, 5.74) is 1.94. The lowest BCUT2D eigenvalue weighted by molar-refractivity contribution is -0.137. The molecule has 0 aromatic heterocycles. The molecule has 0 heterocycles. The molecule has 0 bridgehead atoms. The van der Waals surface area contributed by atoms with E-state index in [-0.39, 0.29) is 11.2 Å². The van der Waals surface area contributed by atoms with E-state index in [1.165, 1.54) is 11.6 Å². The molecular weight excluding hydrogens is 357 g/mol. The zero-order valence-corrected chi connectivity index (χ0v) is 15.8. The van der Waals surface area contributed by atoms with Gasteiger partial charge in [0.25, 0.3) is 0 Å². The van der Waals surface area contributed by atoms with Crippen molar-refractivity contribution in [1.82, 2.24) is 5.32 Å². The van der Waals surface area contributed by atoms with Gasteiger partial charge in [-0.3, -0.25) is 0 Å². The van der Waals surface area contributed by atoms with E-state index in [0.29, 0.717) is 11.6 Å². The maximum atomic E-state index is 12.8. The number of thiocarbonyl (C=S) groups is 1. The van der Waals surface area contributed by atoms with E-state index in [0.717, 1.165) is 24.1 Å². The van der Waals surface area contributed by atoms with Gasteiger partial charge in [0.2, 0.25) is 0 Å². The fraction of sp³-hybridized carbons (Fsp3) is 0.350. The van der Waals surface area contributed by atoms with Crippen LogP contribution in [0.5, 0.6) is 0 Å². The van der Waals surface area contributed by atoms with Crippen LogP contribution in [-0.2, 0) is 6.18 Å². The Bertz CT molecular complexity index is 741. The van der Waals surface area contributed by atoms with Gasteiger partial charge in [-0.15, -0.1) is 0 Å². The Morgan fingerprint density at radius 2 is 1.65 bits per heavy atom. The number of alkyl halides is 3. The second-order valence-corrected chi connectivity index (χ2v) is 6.78. The van der Waals surface area contributed by atoms with Crippen molar-refractivity contribution in [3.8, 4) is 0 Å². The molecule has 0 fully saturated rings. The first-order valence-corrected chi connectivity index (χ1v) is 8.96. The molecule has 0 saturated heterocycles. The normalized spacial score (nSPS) is 13.8. The zero-order valence-electron chi connectivity index (χ0n) is 15.0. The highest BCUT2D eigenvalue weighted by Gasteiger charge is 2.30. The topological polar surface area (TPSA) is 24.1 Å². The molecule has 26 heavy (non-hydrogen) atoms. The number of halogens is 3. The van der Waals surface area contributed by atoms with Crippen LogP contribution in [-0.4, -0.2) is 5.11 Å². The van der Waals surface area contributed by atoms with Crippen molar-refractivity contribution in [3.63, 3.8) is 0 Å². The molecule has 2 rings (SSSR count). The second-order valence-electron chi connectivity index (χ2n) is 6.37. The van der Waals surface area contributed by atoms with Crippen molar-refractivity contribution in [2.45, 2.75) is 45.3 Å². The quantitative estimate of drug-likeness (QED) is 0.598. The molecule has 2 nitrogen and oxygen atoms in total. The van der Waals surface area contributed by atoms with Crippen molar-refractivity contribution in [2.24, 2.45) is 0 Å². The minimum atomic E-state index is -4.38. The number of nitrogens with one attached hydrogen (secondary N) is 2. The van der Waals surface area contributed by atoms with Crippen LogP contribution in [0.2, 0.25) is 0 Å². The van der Waals surface area contributed by atoms with Gasteiger partial charge < -0.3 is 10.6 Å². The van der Waals surface area contributed by atoms with Gasteiger partial charge >= 0.3 is 6.18 Å². The first-order valence-electron chi connectivity index (χ1n) is 8.55. The SMILES string of the molecule is CCC(C)c1ccc(C(C)NC(=S)Nc2cccc(C(F)(F)F)c2)cc1. The maximum absolute atomic E-state index is 12.8. The molecule has 2 aromatic rings. The van der Waals surface area contributed by atoms with Crippen LogP contribution in [0.15, 0.2) is 48.5 Å². The summed E-state index contributed by atoms with van der Waals surface area (Å²) in [5, 5.41) is 6.20. The van der Waals surface area contributed by atoms with E-state index in [9.17, 15) is 13.2 Å². The maximum Gasteiger partial charge on any atom is 0.416 e. The predicted octanol–water partition coefficient (Wildman–Crippen LogP) is 6.27. The molecule has 0 aliphatic rings. The smallest absolute Gasteiger partial charge is 0.356 e. The highest BCUT2D eigenvalue weighted by atomic mass is 32.1. The fourth-order valence-electron chi connectivity index (χ4n) is 2.57. The number of rotatable bonds is 5. The molecule has 0 saturated carbocycles. The van der Waals surface area contributed by atoms with Gasteiger partial charge in [-0.05, 0) is 60.8 Å². The Labute approximate surface area is 157 Å². The number of anilines is 1. The lowest BCUT2D eigenvalue weighted by Crippen LogP contribution is -2.31. The summed E-state index contributed by atoms with van der Waals surface area (Å²) in [6.45, 7) is 6.30. The number of hydrogen-bond donors (Lipinski definition) is 2. The minimum absolute atomic E-state index is 0.0632. The summed E-state index contributed by atoms with van der Waals surface area (Å²) in [6, 6.07) is 13.2. The molecule has 2 unspecified atom stereocenters. The Kier molecular flexibility index (Phi) is 6.64. The van der Waals surface area contributed by atoms with Gasteiger partial charge in [0.05, 0.1) is 11.6 Å². The van der Waals surface area contributed by atoms with Gasteiger partial charge in [-0.1, -0.05) is 44.2 Å². The van der Waals surface area contributed by atoms with Crippen molar-refractivity contribution < 1.29 is 13.2 Å². The third-order valence-electron chi connectivity index (χ3n) is 4.41. The monoisotopic (exact) mass is 380 g/mol. The molecule has 0 radical (unpaired) electrons. The standard InChI is InChI=1S/C20H23F3N2S/c1-4-13(2)15-8-10-16(11-9-15)14(3)24-19(26)25-18-7-5-6-17(12-18)20(21,22)23/h5-14H,4H2,1-3H3,(H2,24,25,26). The zero-order chi connectivity index (χ0) is 19.3. The van der Waals surface area contributed by atoms with Crippen LogP contribution in [0.25, 0.3) is 0 Å². The van der Waals surface area contributed by atoms with Crippen LogP contribution in [0.4, 0.5) is 18.9 Å². The Morgan fingerprint density at radius 1 is 1.04 bits per heavy atom. The highest BCUT2D eigenvalue weighted by Crippen LogP contribution is 2.30. The number of hydrogen-bond acceptors (Lipinski definition) is 1. The van der Waals surface area contributed by atoms with Gasteiger partial charge in [-0.2, -0.15) is 13.2 Å². The summed E-state index contributed by atoms with van der Waals surface area (Å²) < 4.78 is 38.3. The third-order valence-corrected chi connectivity index (χ3v) is 4.63. The molecular formula is C20H23F3N2S. The summed E-state index contributed by atoms with van der Waals surface area (Å²) in [5.74, 6) is 0.510. The second kappa shape index (κ2) is 8.54. The average molecular weight is 380 g/mol. The third kappa shape index (κ3) is 5.46. The molecule has 2 N–H and O–H groups in total. The fourth-order valence-corrected chi connectivity index (χ4v) is 2.86. The minimum Gasteiger partial charge on any atom is -0.356 e. The first kappa shape index (κ1) is 20.2. The van der Waals surface area contributed by atoms with E-state index in [1.54, 1.807) is 6.07 Å². The predicted molar refractivity (Wildman–Crippen MR) is 104 cm³/mol. The van der Waals surface area contributed by atoms with E-state index < -0.39 is 11.7 Å². The summed E-state index contributed by atoms with van der Waals surface area (Å²) in [4.78, 5) is 0. The molecule has 0 amide bonds. The van der Waals surface area contributed by atoms with Gasteiger partial charge in [0.1, 0.15) is 0 Å². The molecule has 6 heteroatoms. The molecule has 0 aliphatic carbocycles. The molecule has 140 valence electrons. The number of benzene rings is 2. The lowest BCUT2D eigenvalue weighted by Gasteiger charge is -2.19. The molecule has 0 aliphatic heterocycles. The Balaban J connectivity index is 1.99. The van der Waals surface area contributed by atoms with Crippen molar-refractivity contribution in [3.05, 3.63) is 65.2 Å². The van der Waals surface area contributed by atoms with Crippen molar-refractivity contribution in [1.29, 1.82) is 0 Å². The van der Waals surface area contributed by atoms with Crippen LogP contribution >= 0.6 is 12.2 Å². The van der Waals surface area contributed by atoms with E-state index >= 15 is 0 Å². The first-order chi connectivity index (χ1) is 12.2.